The molecule has 0 spiro atoms. The fraction of sp³-hybridized carbons (Fsp3) is 0.556. The zero-order valence-corrected chi connectivity index (χ0v) is 6.63. The Kier molecular flexibility index (Phi) is 2.28. The summed E-state index contributed by atoms with van der Waals surface area (Å²) in [7, 11) is 1.75. The molecular formula is C9H14O. The molecule has 1 heteroatoms. The molecule has 0 heterocycles. The maximum Gasteiger partial charge on any atom is 0.0553 e. The molecular weight excluding hydrogens is 124 g/mol. The molecule has 1 aliphatic carbocycles. The lowest BCUT2D eigenvalue weighted by molar-refractivity contribution is 0.123. The van der Waals surface area contributed by atoms with Crippen LogP contribution in [0, 0.1) is 5.41 Å². The smallest absolute Gasteiger partial charge is 0.0553 e. The van der Waals surface area contributed by atoms with Gasteiger partial charge in [0.15, 0.2) is 0 Å². The van der Waals surface area contributed by atoms with Gasteiger partial charge in [-0.3, -0.25) is 0 Å². The molecule has 0 aromatic heterocycles. The summed E-state index contributed by atoms with van der Waals surface area (Å²) in [5.41, 5.74) is 0.240. The van der Waals surface area contributed by atoms with Crippen molar-refractivity contribution < 1.29 is 4.74 Å². The number of ether oxygens (including phenoxy) is 1. The third kappa shape index (κ3) is 1.71. The number of allylic oxidation sites excluding steroid dienone is 3. The molecule has 0 amide bonds. The van der Waals surface area contributed by atoms with Gasteiger partial charge in [0.2, 0.25) is 0 Å². The van der Waals surface area contributed by atoms with Crippen molar-refractivity contribution in [3.8, 4) is 0 Å². The van der Waals surface area contributed by atoms with Crippen LogP contribution in [-0.2, 0) is 4.74 Å². The van der Waals surface area contributed by atoms with Crippen molar-refractivity contribution in [1.82, 2.24) is 0 Å². The number of hydrogen-bond acceptors (Lipinski definition) is 1. The largest absolute Gasteiger partial charge is 0.384 e. The number of hydrogen-bond donors (Lipinski definition) is 0. The summed E-state index contributed by atoms with van der Waals surface area (Å²) in [5.74, 6) is 0. The monoisotopic (exact) mass is 138 g/mol. The average Bonchev–Trinajstić information content (AvgIpc) is 1.89. The van der Waals surface area contributed by atoms with E-state index in [1.807, 2.05) is 0 Å². The standard InChI is InChI=1S/C9H14O/c1-9(8-10-2)6-4-3-5-7-9/h3-6H,7-8H2,1-2H3. The van der Waals surface area contributed by atoms with E-state index in [-0.39, 0.29) is 5.41 Å². The molecule has 1 unspecified atom stereocenters. The van der Waals surface area contributed by atoms with Crippen LogP contribution in [0.3, 0.4) is 0 Å². The lowest BCUT2D eigenvalue weighted by atomic mass is 9.85. The van der Waals surface area contributed by atoms with E-state index in [1.165, 1.54) is 0 Å². The van der Waals surface area contributed by atoms with Crippen LogP contribution in [-0.4, -0.2) is 13.7 Å². The van der Waals surface area contributed by atoms with Gasteiger partial charge in [-0.25, -0.2) is 0 Å². The van der Waals surface area contributed by atoms with Crippen molar-refractivity contribution in [2.24, 2.45) is 5.41 Å². The van der Waals surface area contributed by atoms with Crippen LogP contribution in [0.2, 0.25) is 0 Å². The topological polar surface area (TPSA) is 9.23 Å². The third-order valence-corrected chi connectivity index (χ3v) is 1.80. The molecule has 0 fully saturated rings. The van der Waals surface area contributed by atoms with Gasteiger partial charge in [-0.05, 0) is 6.42 Å². The highest BCUT2D eigenvalue weighted by atomic mass is 16.5. The molecule has 1 rings (SSSR count). The van der Waals surface area contributed by atoms with Crippen LogP contribution in [0.4, 0.5) is 0 Å². The molecule has 0 aromatic carbocycles. The van der Waals surface area contributed by atoms with Crippen molar-refractivity contribution >= 4 is 0 Å². The molecule has 0 saturated heterocycles. The van der Waals surface area contributed by atoms with Crippen LogP contribution < -0.4 is 0 Å². The predicted octanol–water partition coefficient (Wildman–Crippen LogP) is 2.16. The lowest BCUT2D eigenvalue weighted by Crippen LogP contribution is -2.20. The van der Waals surface area contributed by atoms with Gasteiger partial charge in [0.05, 0.1) is 6.61 Å². The fourth-order valence-corrected chi connectivity index (χ4v) is 1.21. The molecule has 0 bridgehead atoms. The van der Waals surface area contributed by atoms with Gasteiger partial charge < -0.3 is 4.74 Å². The molecule has 0 N–H and O–H groups in total. The third-order valence-electron chi connectivity index (χ3n) is 1.80. The van der Waals surface area contributed by atoms with Crippen LogP contribution in [0.1, 0.15) is 13.3 Å². The van der Waals surface area contributed by atoms with E-state index < -0.39 is 0 Å². The minimum absolute atomic E-state index is 0.240. The minimum Gasteiger partial charge on any atom is -0.384 e. The van der Waals surface area contributed by atoms with Gasteiger partial charge in [-0.2, -0.15) is 0 Å². The normalized spacial score (nSPS) is 31.0. The summed E-state index contributed by atoms with van der Waals surface area (Å²) in [6.45, 7) is 3.02. The average molecular weight is 138 g/mol. The predicted molar refractivity (Wildman–Crippen MR) is 42.9 cm³/mol. The Hall–Kier alpha value is -0.560. The molecule has 1 nitrogen and oxygen atoms in total. The quantitative estimate of drug-likeness (QED) is 0.568. The van der Waals surface area contributed by atoms with Crippen LogP contribution in [0.5, 0.6) is 0 Å². The first-order valence-electron chi connectivity index (χ1n) is 3.60. The number of rotatable bonds is 2. The van der Waals surface area contributed by atoms with Crippen molar-refractivity contribution in [3.63, 3.8) is 0 Å². The Bertz CT molecular complexity index is 158. The first-order chi connectivity index (χ1) is 4.77. The van der Waals surface area contributed by atoms with Gasteiger partial charge in [0, 0.05) is 12.5 Å². The first-order valence-corrected chi connectivity index (χ1v) is 3.60. The van der Waals surface area contributed by atoms with Crippen molar-refractivity contribution in [2.75, 3.05) is 13.7 Å². The van der Waals surface area contributed by atoms with E-state index in [0.29, 0.717) is 0 Å². The highest BCUT2D eigenvalue weighted by Gasteiger charge is 2.19. The van der Waals surface area contributed by atoms with E-state index in [0.717, 1.165) is 13.0 Å². The van der Waals surface area contributed by atoms with Crippen molar-refractivity contribution in [3.05, 3.63) is 24.3 Å². The Balaban J connectivity index is 2.52. The second kappa shape index (κ2) is 3.02. The molecule has 1 aliphatic rings. The summed E-state index contributed by atoms with van der Waals surface area (Å²) in [5, 5.41) is 0. The van der Waals surface area contributed by atoms with Crippen LogP contribution in [0.15, 0.2) is 24.3 Å². The Morgan fingerprint density at radius 2 is 2.30 bits per heavy atom. The Morgan fingerprint density at radius 3 is 2.80 bits per heavy atom. The summed E-state index contributed by atoms with van der Waals surface area (Å²) in [4.78, 5) is 0. The van der Waals surface area contributed by atoms with Gasteiger partial charge in [-0.1, -0.05) is 31.2 Å². The van der Waals surface area contributed by atoms with Crippen molar-refractivity contribution in [2.45, 2.75) is 13.3 Å². The first kappa shape index (κ1) is 7.55. The van der Waals surface area contributed by atoms with Gasteiger partial charge in [0.1, 0.15) is 0 Å². The second-order valence-corrected chi connectivity index (χ2v) is 3.08. The highest BCUT2D eigenvalue weighted by molar-refractivity contribution is 5.15. The number of methoxy groups -OCH3 is 1. The zero-order valence-electron chi connectivity index (χ0n) is 6.63. The second-order valence-electron chi connectivity index (χ2n) is 3.08. The van der Waals surface area contributed by atoms with E-state index in [1.54, 1.807) is 7.11 Å². The molecule has 0 radical (unpaired) electrons. The summed E-state index contributed by atoms with van der Waals surface area (Å²) in [6, 6.07) is 0. The molecule has 0 aromatic rings. The molecule has 0 saturated carbocycles. The van der Waals surface area contributed by atoms with E-state index >= 15 is 0 Å². The van der Waals surface area contributed by atoms with Crippen LogP contribution >= 0.6 is 0 Å². The summed E-state index contributed by atoms with van der Waals surface area (Å²) in [6.07, 6.45) is 9.65. The maximum atomic E-state index is 5.10. The summed E-state index contributed by atoms with van der Waals surface area (Å²) >= 11 is 0. The van der Waals surface area contributed by atoms with Gasteiger partial charge in [-0.15, -0.1) is 0 Å². The summed E-state index contributed by atoms with van der Waals surface area (Å²) < 4.78 is 5.10. The zero-order chi connectivity index (χ0) is 7.45. The molecule has 10 heavy (non-hydrogen) atoms. The van der Waals surface area contributed by atoms with Crippen molar-refractivity contribution in [1.29, 1.82) is 0 Å². The van der Waals surface area contributed by atoms with E-state index in [4.69, 9.17) is 4.74 Å². The Morgan fingerprint density at radius 1 is 1.50 bits per heavy atom. The lowest BCUT2D eigenvalue weighted by Gasteiger charge is -2.24. The minimum atomic E-state index is 0.240. The Labute approximate surface area is 62.4 Å². The SMILES string of the molecule is COCC1(C)C=CC=CC1. The fourth-order valence-electron chi connectivity index (χ4n) is 1.21. The maximum absolute atomic E-state index is 5.10. The highest BCUT2D eigenvalue weighted by Crippen LogP contribution is 2.26. The van der Waals surface area contributed by atoms with Gasteiger partial charge >= 0.3 is 0 Å². The molecule has 56 valence electrons. The van der Waals surface area contributed by atoms with E-state index in [2.05, 4.69) is 31.2 Å². The molecule has 1 atom stereocenters. The van der Waals surface area contributed by atoms with E-state index in [9.17, 15) is 0 Å². The van der Waals surface area contributed by atoms with Crippen LogP contribution in [0.25, 0.3) is 0 Å². The van der Waals surface area contributed by atoms with Gasteiger partial charge in [0.25, 0.3) is 0 Å². The molecule has 0 aliphatic heterocycles.